The molecular formula is C46H44N2O8S2. The van der Waals surface area contributed by atoms with Crippen molar-refractivity contribution in [2.24, 2.45) is 0 Å². The molecule has 2 aliphatic rings. The van der Waals surface area contributed by atoms with Crippen LogP contribution in [0.25, 0.3) is 20.9 Å². The van der Waals surface area contributed by atoms with Crippen molar-refractivity contribution in [2.75, 3.05) is 0 Å². The van der Waals surface area contributed by atoms with Gasteiger partial charge in [0.1, 0.15) is 12.2 Å². The molecule has 2 heterocycles. The van der Waals surface area contributed by atoms with Crippen LogP contribution >= 0.6 is 22.7 Å². The summed E-state index contributed by atoms with van der Waals surface area (Å²) in [6.45, 7) is -0.231. The number of nitrogens with one attached hydrogen (secondary N) is 2. The third-order valence-corrected chi connectivity index (χ3v) is 12.7. The molecule has 6 aromatic rings. The molecular weight excluding hydrogens is 773 g/mol. The molecule has 0 saturated carbocycles. The van der Waals surface area contributed by atoms with Gasteiger partial charge in [0.2, 0.25) is 0 Å². The lowest BCUT2D eigenvalue weighted by Crippen LogP contribution is -2.57. The minimum atomic E-state index is -1.98. The zero-order valence-corrected chi connectivity index (χ0v) is 33.0. The zero-order chi connectivity index (χ0) is 40.2. The molecule has 8 atom stereocenters. The Morgan fingerprint density at radius 3 is 1.34 bits per heavy atom. The number of ether oxygens (including phenoxy) is 2. The fourth-order valence-electron chi connectivity index (χ4n) is 7.77. The van der Waals surface area contributed by atoms with Crippen LogP contribution in [0.4, 0.5) is 0 Å². The summed E-state index contributed by atoms with van der Waals surface area (Å²) in [4.78, 5) is 30.6. The van der Waals surface area contributed by atoms with Gasteiger partial charge in [-0.3, -0.25) is 9.59 Å². The molecule has 0 saturated heterocycles. The molecule has 0 aliphatic heterocycles. The second kappa shape index (κ2) is 17.9. The van der Waals surface area contributed by atoms with Crippen LogP contribution in [0, 0.1) is 0 Å². The van der Waals surface area contributed by atoms with Crippen molar-refractivity contribution in [3.8, 4) is 20.9 Å². The maximum Gasteiger partial charge on any atom is 0.252 e. The van der Waals surface area contributed by atoms with Crippen LogP contribution < -0.4 is 10.6 Å². The third-order valence-electron chi connectivity index (χ3n) is 10.9. The molecule has 298 valence electrons. The molecule has 2 aliphatic carbocycles. The minimum absolute atomic E-state index is 0.115. The lowest BCUT2D eigenvalue weighted by atomic mass is 9.99. The molecule has 3 unspecified atom stereocenters. The number of amides is 2. The quantitative estimate of drug-likeness (QED) is 0.0750. The van der Waals surface area contributed by atoms with Crippen molar-refractivity contribution in [2.45, 2.75) is 74.8 Å². The predicted octanol–water partition coefficient (Wildman–Crippen LogP) is 5.89. The fraction of sp³-hybridized carbons (Fsp3) is 0.261. The Morgan fingerprint density at radius 1 is 0.569 bits per heavy atom. The number of fused-ring (bicyclic) bond motifs is 2. The summed E-state index contributed by atoms with van der Waals surface area (Å²) in [6.07, 6.45) is -8.55. The first kappa shape index (κ1) is 39.8. The average molecular weight is 817 g/mol. The van der Waals surface area contributed by atoms with E-state index in [4.69, 9.17) is 9.47 Å². The van der Waals surface area contributed by atoms with Gasteiger partial charge in [-0.15, -0.1) is 22.7 Å². The summed E-state index contributed by atoms with van der Waals surface area (Å²) >= 11 is 3.22. The number of hydrogen-bond acceptors (Lipinski definition) is 10. The van der Waals surface area contributed by atoms with Crippen molar-refractivity contribution in [1.29, 1.82) is 0 Å². The van der Waals surface area contributed by atoms with Crippen LogP contribution in [0.5, 0.6) is 0 Å². The molecule has 58 heavy (non-hydrogen) atoms. The molecule has 0 fully saturated rings. The van der Waals surface area contributed by atoms with E-state index >= 15 is 0 Å². The smallest absolute Gasteiger partial charge is 0.252 e. The van der Waals surface area contributed by atoms with Gasteiger partial charge in [0.25, 0.3) is 11.8 Å². The molecule has 8 rings (SSSR count). The number of aliphatic hydroxyl groups is 4. The first-order valence-electron chi connectivity index (χ1n) is 19.2. The molecule has 10 nitrogen and oxygen atoms in total. The molecule has 12 heteroatoms. The van der Waals surface area contributed by atoms with Crippen molar-refractivity contribution >= 4 is 34.5 Å². The van der Waals surface area contributed by atoms with Crippen LogP contribution in [-0.4, -0.2) is 68.9 Å². The van der Waals surface area contributed by atoms with Gasteiger partial charge in [-0.25, -0.2) is 0 Å². The maximum absolute atomic E-state index is 14.2. The standard InChI is InChI=1S/C46H44N2O8S2/c49-35-23-31-7-1-3-9-33(31)39(35)47-45(53)43(55-25-27-13-17-29(18-14-27)37-11-5-21-57-37)41(51)42(52)44(46(54)48-40-34-10-4-2-8-32(34)24-36(40)50)56-26-28-15-19-30(20-16-28)38-12-6-22-58-38/h1-22,35-36,39-44,49-52H,23-26H2,(H,47,53)(H,48,54)/t35?,36?,39-,40?,41+,42+,43+,44+/m0/s1. The van der Waals surface area contributed by atoms with Crippen LogP contribution in [0.3, 0.4) is 0 Å². The highest BCUT2D eigenvalue weighted by Gasteiger charge is 2.44. The Labute approximate surface area is 344 Å². The number of aliphatic hydroxyl groups excluding tert-OH is 4. The van der Waals surface area contributed by atoms with Crippen molar-refractivity contribution in [3.63, 3.8) is 0 Å². The van der Waals surface area contributed by atoms with Crippen molar-refractivity contribution in [3.05, 3.63) is 165 Å². The van der Waals surface area contributed by atoms with Crippen LogP contribution in [0.15, 0.2) is 132 Å². The predicted molar refractivity (Wildman–Crippen MR) is 223 cm³/mol. The number of thiophene rings is 2. The summed E-state index contributed by atoms with van der Waals surface area (Å²) in [5.41, 5.74) is 6.68. The van der Waals surface area contributed by atoms with E-state index in [1.165, 1.54) is 0 Å². The Hall–Kier alpha value is -5.02. The highest BCUT2D eigenvalue weighted by atomic mass is 32.1. The SMILES string of the molecule is O=C(NC1c2ccccc2CC1O)[C@H](OCc1ccc(-c2cccs2)cc1)[C@H](O)[C@@H](O)[C@@H](OCc1ccc(-c2cccs2)cc1)C(=O)N[C@H]1c2ccccc2CC1O. The number of carbonyl (C=O) groups excluding carboxylic acids is 2. The maximum atomic E-state index is 14.2. The molecule has 0 radical (unpaired) electrons. The first-order valence-corrected chi connectivity index (χ1v) is 21.0. The summed E-state index contributed by atoms with van der Waals surface area (Å²) in [5.74, 6) is -1.57. The minimum Gasteiger partial charge on any atom is -0.390 e. The van der Waals surface area contributed by atoms with E-state index in [2.05, 4.69) is 10.6 Å². The van der Waals surface area contributed by atoms with E-state index in [-0.39, 0.29) is 13.2 Å². The summed E-state index contributed by atoms with van der Waals surface area (Å²) in [7, 11) is 0. The van der Waals surface area contributed by atoms with Gasteiger partial charge in [0.05, 0.1) is 37.5 Å². The van der Waals surface area contributed by atoms with Gasteiger partial charge in [-0.1, -0.05) is 109 Å². The number of hydrogen-bond donors (Lipinski definition) is 6. The van der Waals surface area contributed by atoms with E-state index in [0.717, 1.165) is 43.1 Å². The molecule has 6 N–H and O–H groups in total. The van der Waals surface area contributed by atoms with Crippen molar-refractivity contribution < 1.29 is 39.5 Å². The van der Waals surface area contributed by atoms with E-state index < -0.39 is 60.5 Å². The largest absolute Gasteiger partial charge is 0.390 e. The van der Waals surface area contributed by atoms with Crippen LogP contribution in [0.1, 0.15) is 45.5 Å². The van der Waals surface area contributed by atoms with E-state index in [1.807, 2.05) is 132 Å². The topological polar surface area (TPSA) is 158 Å². The Bertz CT molecular complexity index is 2140. The van der Waals surface area contributed by atoms with Gasteiger partial charge < -0.3 is 40.5 Å². The first-order chi connectivity index (χ1) is 28.2. The summed E-state index contributed by atoms with van der Waals surface area (Å²) in [6, 6.07) is 36.4. The average Bonchev–Trinajstić information content (AvgIpc) is 4.08. The van der Waals surface area contributed by atoms with Gasteiger partial charge in [0.15, 0.2) is 12.2 Å². The number of carbonyl (C=O) groups is 2. The lowest BCUT2D eigenvalue weighted by Gasteiger charge is -2.32. The monoisotopic (exact) mass is 816 g/mol. The van der Waals surface area contributed by atoms with E-state index in [9.17, 15) is 30.0 Å². The zero-order valence-electron chi connectivity index (χ0n) is 31.4. The fourth-order valence-corrected chi connectivity index (χ4v) is 9.24. The normalized spacial score (nSPS) is 20.4. The van der Waals surface area contributed by atoms with Gasteiger partial charge in [-0.2, -0.15) is 0 Å². The lowest BCUT2D eigenvalue weighted by molar-refractivity contribution is -0.171. The summed E-state index contributed by atoms with van der Waals surface area (Å²) < 4.78 is 12.3. The summed E-state index contributed by atoms with van der Waals surface area (Å²) in [5, 5.41) is 55.5. The van der Waals surface area contributed by atoms with Gasteiger partial charge >= 0.3 is 0 Å². The van der Waals surface area contributed by atoms with Crippen LogP contribution in [0.2, 0.25) is 0 Å². The van der Waals surface area contributed by atoms with Crippen molar-refractivity contribution in [1.82, 2.24) is 10.6 Å². The number of benzene rings is 4. The molecule has 0 bridgehead atoms. The third kappa shape index (κ3) is 8.70. The molecule has 2 amide bonds. The number of rotatable bonds is 15. The second-order valence-corrected chi connectivity index (χ2v) is 16.6. The van der Waals surface area contributed by atoms with Crippen LogP contribution in [-0.2, 0) is 45.1 Å². The second-order valence-electron chi connectivity index (χ2n) is 14.7. The highest BCUT2D eigenvalue weighted by Crippen LogP contribution is 2.34. The molecule has 0 spiro atoms. The Kier molecular flexibility index (Phi) is 12.3. The Balaban J connectivity index is 1.05. The van der Waals surface area contributed by atoms with E-state index in [0.29, 0.717) is 24.0 Å². The molecule has 4 aromatic carbocycles. The Morgan fingerprint density at radius 2 is 0.966 bits per heavy atom. The molecule has 2 aromatic heterocycles. The highest BCUT2D eigenvalue weighted by molar-refractivity contribution is 7.13. The van der Waals surface area contributed by atoms with Gasteiger partial charge in [0, 0.05) is 22.6 Å². The van der Waals surface area contributed by atoms with E-state index in [1.54, 1.807) is 22.7 Å². The van der Waals surface area contributed by atoms with Gasteiger partial charge in [-0.05, 0) is 67.4 Å².